The van der Waals surface area contributed by atoms with Crippen LogP contribution in [0.4, 0.5) is 0 Å². The Morgan fingerprint density at radius 3 is 2.76 bits per heavy atom. The molecule has 0 spiro atoms. The predicted molar refractivity (Wildman–Crippen MR) is 71.6 cm³/mol. The molecule has 0 fully saturated rings. The Balaban J connectivity index is 2.32. The van der Waals surface area contributed by atoms with Gasteiger partial charge in [-0.1, -0.05) is 12.1 Å². The van der Waals surface area contributed by atoms with E-state index in [1.807, 2.05) is 0 Å². The molecule has 0 aromatic heterocycles. The molecule has 0 aliphatic carbocycles. The topological polar surface area (TPSA) is 35.2 Å². The lowest BCUT2D eigenvalue weighted by Crippen LogP contribution is -2.34. The third-order valence-corrected chi connectivity index (χ3v) is 3.16. The van der Waals surface area contributed by atoms with Gasteiger partial charge in [-0.15, -0.1) is 0 Å². The summed E-state index contributed by atoms with van der Waals surface area (Å²) in [5.41, 5.74) is 9.90. The average Bonchev–Trinajstić information content (AvgIpc) is 2.40. The summed E-state index contributed by atoms with van der Waals surface area (Å²) in [6.45, 7) is 7.14. The zero-order valence-corrected chi connectivity index (χ0v) is 11.2. The first kappa shape index (κ1) is 12.4. The first-order chi connectivity index (χ1) is 7.96. The number of hydrogen-bond donors (Lipinski definition) is 1. The monoisotopic (exact) mass is 233 g/mol. The van der Waals surface area contributed by atoms with Crippen LogP contribution in [0, 0.1) is 6.92 Å². The normalized spacial score (nSPS) is 16.0. The molecule has 1 aromatic rings. The highest BCUT2D eigenvalue weighted by molar-refractivity contribution is 5.45. The number of ether oxygens (including phenoxy) is 1. The van der Waals surface area contributed by atoms with Crippen LogP contribution in [0.15, 0.2) is 12.1 Å². The number of hydrogen-bond acceptors (Lipinski definition) is 2. The van der Waals surface area contributed by atoms with Gasteiger partial charge in [0.15, 0.2) is 0 Å². The first-order valence-electron chi connectivity index (χ1n) is 6.50. The molecule has 0 unspecified atom stereocenters. The Bertz CT molecular complexity index is 404. The summed E-state index contributed by atoms with van der Waals surface area (Å²) in [6, 6.07) is 4.50. The van der Waals surface area contributed by atoms with E-state index in [1.165, 1.54) is 23.1 Å². The standard InChI is InChI=1S/C15H23NO/c1-11-8-12(10-15(2,3)16)9-13-6-4-5-7-17-14(11)13/h8-9H,4-7,10,16H2,1-3H3. The van der Waals surface area contributed by atoms with Crippen molar-refractivity contribution < 1.29 is 4.74 Å². The van der Waals surface area contributed by atoms with Crippen LogP contribution in [0.2, 0.25) is 0 Å². The number of fused-ring (bicyclic) bond motifs is 1. The van der Waals surface area contributed by atoms with Gasteiger partial charge in [-0.2, -0.15) is 0 Å². The van der Waals surface area contributed by atoms with Crippen LogP contribution in [0.3, 0.4) is 0 Å². The fourth-order valence-electron chi connectivity index (χ4n) is 2.54. The summed E-state index contributed by atoms with van der Waals surface area (Å²) in [4.78, 5) is 0. The van der Waals surface area contributed by atoms with Crippen molar-refractivity contribution in [2.75, 3.05) is 6.61 Å². The molecule has 0 amide bonds. The maximum Gasteiger partial charge on any atom is 0.125 e. The minimum atomic E-state index is -0.147. The molecule has 0 radical (unpaired) electrons. The van der Waals surface area contributed by atoms with E-state index in [0.717, 1.165) is 31.6 Å². The molecule has 2 N–H and O–H groups in total. The molecular weight excluding hydrogens is 210 g/mol. The Kier molecular flexibility index (Phi) is 3.43. The molecule has 2 heteroatoms. The molecule has 94 valence electrons. The second-order valence-corrected chi connectivity index (χ2v) is 5.87. The van der Waals surface area contributed by atoms with Crippen LogP contribution < -0.4 is 10.5 Å². The Hall–Kier alpha value is -1.02. The van der Waals surface area contributed by atoms with Gasteiger partial charge in [0.05, 0.1) is 6.61 Å². The molecule has 1 heterocycles. The lowest BCUT2D eigenvalue weighted by Gasteiger charge is -2.20. The third kappa shape index (κ3) is 3.22. The summed E-state index contributed by atoms with van der Waals surface area (Å²) < 4.78 is 5.83. The molecule has 0 atom stereocenters. The maximum absolute atomic E-state index is 6.09. The van der Waals surface area contributed by atoms with Crippen LogP contribution in [0.1, 0.15) is 43.4 Å². The van der Waals surface area contributed by atoms with Gasteiger partial charge in [-0.3, -0.25) is 0 Å². The summed E-state index contributed by atoms with van der Waals surface area (Å²) in [7, 11) is 0. The van der Waals surface area contributed by atoms with Crippen LogP contribution in [0.5, 0.6) is 5.75 Å². The van der Waals surface area contributed by atoms with Gasteiger partial charge in [-0.25, -0.2) is 0 Å². The van der Waals surface area contributed by atoms with Crippen LogP contribution in [0.25, 0.3) is 0 Å². The largest absolute Gasteiger partial charge is 0.493 e. The predicted octanol–water partition coefficient (Wildman–Crippen LogP) is 2.99. The average molecular weight is 233 g/mol. The van der Waals surface area contributed by atoms with Crippen molar-refractivity contribution in [1.29, 1.82) is 0 Å². The lowest BCUT2D eigenvalue weighted by atomic mass is 9.92. The van der Waals surface area contributed by atoms with Gasteiger partial charge in [0.2, 0.25) is 0 Å². The van der Waals surface area contributed by atoms with Gasteiger partial charge < -0.3 is 10.5 Å². The van der Waals surface area contributed by atoms with Gasteiger partial charge in [-0.05, 0) is 63.1 Å². The Morgan fingerprint density at radius 1 is 1.29 bits per heavy atom. The van der Waals surface area contributed by atoms with Crippen molar-refractivity contribution in [3.63, 3.8) is 0 Å². The Morgan fingerprint density at radius 2 is 2.06 bits per heavy atom. The maximum atomic E-state index is 6.09. The molecule has 2 nitrogen and oxygen atoms in total. The van der Waals surface area contributed by atoms with Crippen LogP contribution in [-0.4, -0.2) is 12.1 Å². The number of aryl methyl sites for hydroxylation is 2. The highest BCUT2D eigenvalue weighted by Gasteiger charge is 2.16. The van der Waals surface area contributed by atoms with Crippen LogP contribution in [-0.2, 0) is 12.8 Å². The highest BCUT2D eigenvalue weighted by Crippen LogP contribution is 2.30. The van der Waals surface area contributed by atoms with Gasteiger partial charge >= 0.3 is 0 Å². The highest BCUT2D eigenvalue weighted by atomic mass is 16.5. The number of benzene rings is 1. The van der Waals surface area contributed by atoms with E-state index in [9.17, 15) is 0 Å². The fourth-order valence-corrected chi connectivity index (χ4v) is 2.54. The molecule has 2 rings (SSSR count). The summed E-state index contributed by atoms with van der Waals surface area (Å²) >= 11 is 0. The molecular formula is C15H23NO. The van der Waals surface area contributed by atoms with E-state index in [0.29, 0.717) is 0 Å². The third-order valence-electron chi connectivity index (χ3n) is 3.16. The minimum Gasteiger partial charge on any atom is -0.493 e. The summed E-state index contributed by atoms with van der Waals surface area (Å²) in [5, 5.41) is 0. The number of rotatable bonds is 2. The van der Waals surface area contributed by atoms with Crippen molar-refractivity contribution in [3.8, 4) is 5.75 Å². The molecule has 17 heavy (non-hydrogen) atoms. The SMILES string of the molecule is Cc1cc(CC(C)(C)N)cc2c1OCCCC2. The Labute approximate surface area is 104 Å². The van der Waals surface area contributed by atoms with Gasteiger partial charge in [0.1, 0.15) is 5.75 Å². The lowest BCUT2D eigenvalue weighted by molar-refractivity contribution is 0.315. The molecule has 0 saturated carbocycles. The smallest absolute Gasteiger partial charge is 0.125 e. The van der Waals surface area contributed by atoms with E-state index in [-0.39, 0.29) is 5.54 Å². The number of nitrogens with two attached hydrogens (primary N) is 1. The molecule has 0 bridgehead atoms. The second-order valence-electron chi connectivity index (χ2n) is 5.87. The molecule has 0 saturated heterocycles. The van der Waals surface area contributed by atoms with Crippen molar-refractivity contribution >= 4 is 0 Å². The van der Waals surface area contributed by atoms with E-state index in [1.54, 1.807) is 0 Å². The van der Waals surface area contributed by atoms with Crippen molar-refractivity contribution in [3.05, 3.63) is 28.8 Å². The van der Waals surface area contributed by atoms with Gasteiger partial charge in [0, 0.05) is 5.54 Å². The van der Waals surface area contributed by atoms with Gasteiger partial charge in [0.25, 0.3) is 0 Å². The quantitative estimate of drug-likeness (QED) is 0.852. The summed E-state index contributed by atoms with van der Waals surface area (Å²) in [6.07, 6.45) is 4.43. The second kappa shape index (κ2) is 4.69. The van der Waals surface area contributed by atoms with E-state index < -0.39 is 0 Å². The molecule has 1 aliphatic rings. The minimum absolute atomic E-state index is 0.147. The van der Waals surface area contributed by atoms with Crippen molar-refractivity contribution in [2.24, 2.45) is 5.73 Å². The zero-order chi connectivity index (χ0) is 12.5. The van der Waals surface area contributed by atoms with E-state index in [4.69, 9.17) is 10.5 Å². The molecule has 1 aromatic carbocycles. The van der Waals surface area contributed by atoms with Crippen molar-refractivity contribution in [1.82, 2.24) is 0 Å². The fraction of sp³-hybridized carbons (Fsp3) is 0.600. The first-order valence-corrected chi connectivity index (χ1v) is 6.50. The van der Waals surface area contributed by atoms with Crippen LogP contribution >= 0.6 is 0 Å². The van der Waals surface area contributed by atoms with E-state index >= 15 is 0 Å². The zero-order valence-electron chi connectivity index (χ0n) is 11.2. The van der Waals surface area contributed by atoms with Crippen molar-refractivity contribution in [2.45, 2.75) is 52.0 Å². The molecule has 1 aliphatic heterocycles. The van der Waals surface area contributed by atoms with E-state index in [2.05, 4.69) is 32.9 Å². The summed E-state index contributed by atoms with van der Waals surface area (Å²) in [5.74, 6) is 1.11.